The van der Waals surface area contributed by atoms with Gasteiger partial charge in [0.15, 0.2) is 0 Å². The van der Waals surface area contributed by atoms with Crippen LogP contribution in [0.3, 0.4) is 0 Å². The van der Waals surface area contributed by atoms with Crippen molar-refractivity contribution in [2.45, 2.75) is 19.6 Å². The number of carbonyl (C=O) groups is 1. The van der Waals surface area contributed by atoms with Crippen molar-refractivity contribution in [2.75, 3.05) is 5.32 Å². The Kier molecular flexibility index (Phi) is 5.08. The number of nitrogens with zero attached hydrogens (tertiary/aromatic N) is 1. The lowest BCUT2D eigenvalue weighted by Crippen LogP contribution is -2.27. The van der Waals surface area contributed by atoms with Crippen LogP contribution >= 0.6 is 0 Å². The van der Waals surface area contributed by atoms with Gasteiger partial charge >= 0.3 is 0 Å². The van der Waals surface area contributed by atoms with Gasteiger partial charge < -0.3 is 10.1 Å². The molecule has 0 saturated carbocycles. The van der Waals surface area contributed by atoms with E-state index < -0.39 is 6.10 Å². The molecule has 0 aliphatic heterocycles. The second kappa shape index (κ2) is 7.22. The number of nitriles is 1. The molecular weight excluding hydrogens is 264 g/mol. The van der Waals surface area contributed by atoms with Crippen LogP contribution < -0.4 is 5.32 Å². The maximum absolute atomic E-state index is 12.1. The lowest BCUT2D eigenvalue weighted by atomic mass is 10.2. The molecular formula is C17H16N2O2. The summed E-state index contributed by atoms with van der Waals surface area (Å²) in [5.74, 6) is -0.270. The summed E-state index contributed by atoms with van der Waals surface area (Å²) in [7, 11) is 0. The molecule has 0 spiro atoms. The van der Waals surface area contributed by atoms with Gasteiger partial charge in [-0.15, -0.1) is 0 Å². The fourth-order valence-corrected chi connectivity index (χ4v) is 1.80. The van der Waals surface area contributed by atoms with Crippen LogP contribution in [0.15, 0.2) is 54.6 Å². The predicted molar refractivity (Wildman–Crippen MR) is 80.5 cm³/mol. The van der Waals surface area contributed by atoms with Crippen LogP contribution in [0, 0.1) is 11.3 Å². The Morgan fingerprint density at radius 1 is 1.19 bits per heavy atom. The predicted octanol–water partition coefficient (Wildman–Crippen LogP) is 3.10. The van der Waals surface area contributed by atoms with Crippen molar-refractivity contribution in [3.63, 3.8) is 0 Å². The van der Waals surface area contributed by atoms with Gasteiger partial charge in [-0.05, 0) is 24.6 Å². The fraction of sp³-hybridized carbons (Fsp3) is 0.176. The van der Waals surface area contributed by atoms with E-state index in [2.05, 4.69) is 5.32 Å². The number of rotatable bonds is 5. The molecule has 1 atom stereocenters. The molecule has 1 amide bonds. The molecule has 2 aromatic carbocycles. The zero-order valence-corrected chi connectivity index (χ0v) is 11.7. The van der Waals surface area contributed by atoms with E-state index in [0.29, 0.717) is 17.9 Å². The summed E-state index contributed by atoms with van der Waals surface area (Å²) < 4.78 is 5.54. The number of hydrogen-bond donors (Lipinski definition) is 1. The van der Waals surface area contributed by atoms with Crippen LogP contribution in [0.2, 0.25) is 0 Å². The average molecular weight is 280 g/mol. The fourth-order valence-electron chi connectivity index (χ4n) is 1.80. The quantitative estimate of drug-likeness (QED) is 0.915. The highest BCUT2D eigenvalue weighted by atomic mass is 16.5. The highest BCUT2D eigenvalue weighted by Crippen LogP contribution is 2.14. The van der Waals surface area contributed by atoms with Crippen LogP contribution in [0.25, 0.3) is 0 Å². The number of hydrogen-bond acceptors (Lipinski definition) is 3. The molecule has 2 rings (SSSR count). The number of carbonyl (C=O) groups excluding carboxylic acids is 1. The van der Waals surface area contributed by atoms with Crippen molar-refractivity contribution >= 4 is 11.6 Å². The van der Waals surface area contributed by atoms with Crippen molar-refractivity contribution in [1.82, 2.24) is 0 Å². The van der Waals surface area contributed by atoms with E-state index in [-0.39, 0.29) is 5.91 Å². The Bertz CT molecular complexity index is 647. The highest BCUT2D eigenvalue weighted by molar-refractivity contribution is 5.95. The molecule has 0 aliphatic carbocycles. The Labute approximate surface area is 124 Å². The molecule has 4 nitrogen and oxygen atoms in total. The minimum atomic E-state index is -0.600. The summed E-state index contributed by atoms with van der Waals surface area (Å²) in [5.41, 5.74) is 1.94. The summed E-state index contributed by atoms with van der Waals surface area (Å²) in [6.07, 6.45) is -0.600. The SMILES string of the molecule is CC(OCc1ccccc1)C(=O)Nc1ccccc1C#N. The van der Waals surface area contributed by atoms with E-state index in [1.807, 2.05) is 36.4 Å². The first kappa shape index (κ1) is 14.8. The normalized spacial score (nSPS) is 11.4. The second-order valence-corrected chi connectivity index (χ2v) is 4.59. The zero-order valence-electron chi connectivity index (χ0n) is 11.7. The van der Waals surface area contributed by atoms with E-state index in [4.69, 9.17) is 10.00 Å². The topological polar surface area (TPSA) is 62.1 Å². The van der Waals surface area contributed by atoms with E-state index in [0.717, 1.165) is 5.56 Å². The monoisotopic (exact) mass is 280 g/mol. The largest absolute Gasteiger partial charge is 0.364 e. The molecule has 2 aromatic rings. The molecule has 0 heterocycles. The first-order valence-electron chi connectivity index (χ1n) is 6.66. The lowest BCUT2D eigenvalue weighted by Gasteiger charge is -2.14. The third kappa shape index (κ3) is 4.16. The molecule has 0 radical (unpaired) electrons. The maximum Gasteiger partial charge on any atom is 0.253 e. The first-order valence-corrected chi connectivity index (χ1v) is 6.66. The molecule has 21 heavy (non-hydrogen) atoms. The van der Waals surface area contributed by atoms with Crippen molar-refractivity contribution < 1.29 is 9.53 Å². The van der Waals surface area contributed by atoms with Gasteiger partial charge in [0.2, 0.25) is 0 Å². The van der Waals surface area contributed by atoms with Gasteiger partial charge in [-0.2, -0.15) is 5.26 Å². The number of anilines is 1. The van der Waals surface area contributed by atoms with Gasteiger partial charge in [0.25, 0.3) is 5.91 Å². The van der Waals surface area contributed by atoms with Gasteiger partial charge in [0, 0.05) is 0 Å². The lowest BCUT2D eigenvalue weighted by molar-refractivity contribution is -0.127. The van der Waals surface area contributed by atoms with Crippen molar-refractivity contribution in [3.8, 4) is 6.07 Å². The summed E-state index contributed by atoms with van der Waals surface area (Å²) in [5, 5.41) is 11.7. The zero-order chi connectivity index (χ0) is 15.1. The van der Waals surface area contributed by atoms with E-state index >= 15 is 0 Å². The molecule has 0 aliphatic rings. The third-order valence-electron chi connectivity index (χ3n) is 3.02. The molecule has 1 N–H and O–H groups in total. The van der Waals surface area contributed by atoms with Crippen LogP contribution in [0.4, 0.5) is 5.69 Å². The van der Waals surface area contributed by atoms with Crippen molar-refractivity contribution in [1.29, 1.82) is 5.26 Å². The summed E-state index contributed by atoms with van der Waals surface area (Å²) >= 11 is 0. The molecule has 1 unspecified atom stereocenters. The Balaban J connectivity index is 1.92. The van der Waals surface area contributed by atoms with Gasteiger partial charge in [-0.1, -0.05) is 42.5 Å². The van der Waals surface area contributed by atoms with Crippen LogP contribution in [-0.4, -0.2) is 12.0 Å². The standard InChI is InChI=1S/C17H16N2O2/c1-13(21-12-14-7-3-2-4-8-14)17(20)19-16-10-6-5-9-15(16)11-18/h2-10,13H,12H2,1H3,(H,19,20). The van der Waals surface area contributed by atoms with Gasteiger partial charge in [0.05, 0.1) is 17.9 Å². The average Bonchev–Trinajstić information content (AvgIpc) is 2.54. The third-order valence-corrected chi connectivity index (χ3v) is 3.02. The molecule has 4 heteroatoms. The molecule has 106 valence electrons. The van der Waals surface area contributed by atoms with Gasteiger partial charge in [0.1, 0.15) is 12.2 Å². The number of amides is 1. The molecule has 0 bridgehead atoms. The number of para-hydroxylation sites is 1. The van der Waals surface area contributed by atoms with E-state index in [9.17, 15) is 4.79 Å². The van der Waals surface area contributed by atoms with Crippen LogP contribution in [0.5, 0.6) is 0 Å². The molecule has 0 aromatic heterocycles. The minimum Gasteiger partial charge on any atom is -0.364 e. The minimum absolute atomic E-state index is 0.270. The molecule has 0 saturated heterocycles. The van der Waals surface area contributed by atoms with Gasteiger partial charge in [-0.3, -0.25) is 4.79 Å². The Morgan fingerprint density at radius 2 is 1.86 bits per heavy atom. The summed E-state index contributed by atoms with van der Waals surface area (Å²) in [4.78, 5) is 12.1. The first-order chi connectivity index (χ1) is 10.2. The smallest absolute Gasteiger partial charge is 0.253 e. The van der Waals surface area contributed by atoms with E-state index in [1.165, 1.54) is 0 Å². The van der Waals surface area contributed by atoms with E-state index in [1.54, 1.807) is 31.2 Å². The second-order valence-electron chi connectivity index (χ2n) is 4.59. The van der Waals surface area contributed by atoms with Crippen molar-refractivity contribution in [2.24, 2.45) is 0 Å². The summed E-state index contributed by atoms with van der Waals surface area (Å²) in [6, 6.07) is 18.6. The number of benzene rings is 2. The Hall–Kier alpha value is -2.64. The van der Waals surface area contributed by atoms with Gasteiger partial charge in [-0.25, -0.2) is 0 Å². The maximum atomic E-state index is 12.1. The Morgan fingerprint density at radius 3 is 2.57 bits per heavy atom. The molecule has 0 fully saturated rings. The van der Waals surface area contributed by atoms with Crippen molar-refractivity contribution in [3.05, 3.63) is 65.7 Å². The number of nitrogens with one attached hydrogen (secondary N) is 1. The number of ether oxygens (including phenoxy) is 1. The highest BCUT2D eigenvalue weighted by Gasteiger charge is 2.15. The van der Waals surface area contributed by atoms with Crippen LogP contribution in [0.1, 0.15) is 18.1 Å². The summed E-state index contributed by atoms with van der Waals surface area (Å²) in [6.45, 7) is 2.06. The van der Waals surface area contributed by atoms with Crippen LogP contribution in [-0.2, 0) is 16.1 Å².